The summed E-state index contributed by atoms with van der Waals surface area (Å²) in [7, 11) is 0. The van der Waals surface area contributed by atoms with Crippen LogP contribution in [0.5, 0.6) is 5.75 Å². The highest BCUT2D eigenvalue weighted by Gasteiger charge is 2.60. The van der Waals surface area contributed by atoms with E-state index >= 15 is 0 Å². The second-order valence-electron chi connectivity index (χ2n) is 10.1. The summed E-state index contributed by atoms with van der Waals surface area (Å²) >= 11 is 0. The molecule has 2 aromatic rings. The molecule has 0 unspecified atom stereocenters. The number of anilines is 2. The molecule has 1 amide bonds. The second kappa shape index (κ2) is 11.2. The lowest BCUT2D eigenvalue weighted by Gasteiger charge is -2.28. The van der Waals surface area contributed by atoms with Gasteiger partial charge in [0.15, 0.2) is 12.4 Å². The zero-order chi connectivity index (χ0) is 27.5. The number of fused-ring (bicyclic) bond motifs is 2. The minimum Gasteiger partial charge on any atom is -0.494 e. The number of alkyl halides is 3. The van der Waals surface area contributed by atoms with Gasteiger partial charge < -0.3 is 14.4 Å². The lowest BCUT2D eigenvalue weighted by molar-refractivity contribution is -0.142. The summed E-state index contributed by atoms with van der Waals surface area (Å²) in [4.78, 5) is 24.7. The molecule has 11 heteroatoms. The zero-order valence-corrected chi connectivity index (χ0v) is 22.0. The molecule has 38 heavy (non-hydrogen) atoms. The number of carbonyl (C=O) groups excluding carboxylic acids is 1. The van der Waals surface area contributed by atoms with Crippen molar-refractivity contribution in [3.8, 4) is 5.75 Å². The minimum absolute atomic E-state index is 0.0722. The van der Waals surface area contributed by atoms with Gasteiger partial charge in [-0.2, -0.15) is 13.2 Å². The zero-order valence-electron chi connectivity index (χ0n) is 22.0. The third kappa shape index (κ3) is 6.02. The van der Waals surface area contributed by atoms with E-state index in [9.17, 15) is 18.0 Å². The number of halogens is 3. The van der Waals surface area contributed by atoms with Crippen molar-refractivity contribution in [2.24, 2.45) is 0 Å². The number of carbonyl (C=O) groups is 1. The maximum atomic E-state index is 13.4. The van der Waals surface area contributed by atoms with E-state index in [1.165, 1.54) is 6.42 Å². The number of nitrogens with one attached hydrogen (secondary N) is 1. The van der Waals surface area contributed by atoms with Gasteiger partial charge >= 0.3 is 6.18 Å². The number of hydrogen-bond donors (Lipinski definition) is 1. The third-order valence-corrected chi connectivity index (χ3v) is 6.84. The van der Waals surface area contributed by atoms with E-state index in [1.807, 2.05) is 24.3 Å². The van der Waals surface area contributed by atoms with Crippen LogP contribution >= 0.6 is 0 Å². The summed E-state index contributed by atoms with van der Waals surface area (Å²) in [6, 6.07) is 6.09. The standard InChI is InChI=1S/C27H34F3N5O3/c1-4-5-6-7-14-37-20-10-8-19(9-11-20)35-23-21(26(12-13-26)24(35)36)15-32-22(33-23)16-38-25(31)34(18(2)3)17-27(28,29)30/h8-11,15,18,31H,4-7,12-14,16-17H2,1-3H3. The van der Waals surface area contributed by atoms with Crippen molar-refractivity contribution in [1.29, 1.82) is 5.41 Å². The van der Waals surface area contributed by atoms with Crippen molar-refractivity contribution < 1.29 is 27.4 Å². The molecule has 206 valence electrons. The van der Waals surface area contributed by atoms with E-state index in [0.717, 1.165) is 35.5 Å². The molecule has 1 aliphatic carbocycles. The van der Waals surface area contributed by atoms with Gasteiger partial charge in [0, 0.05) is 17.8 Å². The normalized spacial score (nSPS) is 15.7. The Bertz CT molecular complexity index is 1150. The average Bonchev–Trinajstić information content (AvgIpc) is 3.64. The van der Waals surface area contributed by atoms with Crippen LogP contribution in [0, 0.1) is 5.41 Å². The van der Waals surface area contributed by atoms with Gasteiger partial charge in [0.25, 0.3) is 6.02 Å². The third-order valence-electron chi connectivity index (χ3n) is 6.84. The van der Waals surface area contributed by atoms with Crippen LogP contribution in [0.1, 0.15) is 70.7 Å². The largest absolute Gasteiger partial charge is 0.494 e. The lowest BCUT2D eigenvalue weighted by atomic mass is 10.0. The van der Waals surface area contributed by atoms with Gasteiger partial charge in [0.2, 0.25) is 5.91 Å². The van der Waals surface area contributed by atoms with E-state index < -0.39 is 30.2 Å². The van der Waals surface area contributed by atoms with Crippen molar-refractivity contribution in [3.63, 3.8) is 0 Å². The summed E-state index contributed by atoms with van der Waals surface area (Å²) < 4.78 is 49.9. The second-order valence-corrected chi connectivity index (χ2v) is 10.1. The predicted molar refractivity (Wildman–Crippen MR) is 137 cm³/mol. The van der Waals surface area contributed by atoms with Crippen LogP contribution in [-0.4, -0.2) is 52.2 Å². The number of amides is 1. The fourth-order valence-electron chi connectivity index (χ4n) is 4.57. The van der Waals surface area contributed by atoms with Crippen molar-refractivity contribution in [3.05, 3.63) is 41.9 Å². The highest BCUT2D eigenvalue weighted by Crippen LogP contribution is 2.58. The lowest BCUT2D eigenvalue weighted by Crippen LogP contribution is -2.43. The van der Waals surface area contributed by atoms with E-state index in [0.29, 0.717) is 31.0 Å². The van der Waals surface area contributed by atoms with E-state index in [2.05, 4.69) is 16.9 Å². The highest BCUT2D eigenvalue weighted by molar-refractivity contribution is 6.13. The van der Waals surface area contributed by atoms with Crippen LogP contribution in [-0.2, 0) is 21.6 Å². The smallest absolute Gasteiger partial charge is 0.406 e. The van der Waals surface area contributed by atoms with Gasteiger partial charge in [-0.1, -0.05) is 26.2 Å². The molecule has 4 rings (SSSR count). The van der Waals surface area contributed by atoms with Crippen LogP contribution in [0.2, 0.25) is 0 Å². The molecule has 8 nitrogen and oxygen atoms in total. The van der Waals surface area contributed by atoms with Crippen molar-refractivity contribution >= 4 is 23.4 Å². The Balaban J connectivity index is 1.48. The molecule has 1 spiro atoms. The first kappa shape index (κ1) is 27.7. The van der Waals surface area contributed by atoms with Crippen LogP contribution in [0.4, 0.5) is 24.7 Å². The van der Waals surface area contributed by atoms with E-state index in [1.54, 1.807) is 24.9 Å². The summed E-state index contributed by atoms with van der Waals surface area (Å²) in [5, 5.41) is 8.01. The fourth-order valence-corrected chi connectivity index (χ4v) is 4.57. The fraction of sp³-hybridized carbons (Fsp3) is 0.556. The number of amidine groups is 1. The van der Waals surface area contributed by atoms with E-state index in [4.69, 9.17) is 14.9 Å². The first-order chi connectivity index (χ1) is 18.1. The SMILES string of the molecule is CCCCCCOc1ccc(N2C(=O)C3(CC3)c3cnc(COC(=N)N(CC(F)(F)F)C(C)C)nc32)cc1. The van der Waals surface area contributed by atoms with E-state index in [-0.39, 0.29) is 18.3 Å². The van der Waals surface area contributed by atoms with Crippen LogP contribution in [0.3, 0.4) is 0 Å². The molecule has 1 aliphatic heterocycles. The Kier molecular flexibility index (Phi) is 8.13. The van der Waals surface area contributed by atoms with Gasteiger partial charge in [-0.05, 0) is 57.4 Å². The first-order valence-corrected chi connectivity index (χ1v) is 13.0. The molecule has 1 aromatic heterocycles. The summed E-state index contributed by atoms with van der Waals surface area (Å²) in [5.74, 6) is 1.27. The summed E-state index contributed by atoms with van der Waals surface area (Å²) in [5.41, 5.74) is 0.753. The molecule has 1 aromatic carbocycles. The predicted octanol–water partition coefficient (Wildman–Crippen LogP) is 5.87. The molecule has 1 fully saturated rings. The van der Waals surface area contributed by atoms with Crippen LogP contribution in [0.25, 0.3) is 0 Å². The quantitative estimate of drug-likeness (QED) is 0.221. The number of benzene rings is 1. The number of unbranched alkanes of at least 4 members (excludes halogenated alkanes) is 3. The molecule has 1 saturated carbocycles. The maximum Gasteiger partial charge on any atom is 0.406 e. The topological polar surface area (TPSA) is 91.6 Å². The molecule has 0 atom stereocenters. The molecule has 2 aliphatic rings. The molecule has 0 radical (unpaired) electrons. The monoisotopic (exact) mass is 533 g/mol. The molecular weight excluding hydrogens is 499 g/mol. The Morgan fingerprint density at radius 2 is 1.89 bits per heavy atom. The Labute approximate surface area is 220 Å². The van der Waals surface area contributed by atoms with Crippen LogP contribution < -0.4 is 9.64 Å². The van der Waals surface area contributed by atoms with Crippen LogP contribution in [0.15, 0.2) is 30.5 Å². The first-order valence-electron chi connectivity index (χ1n) is 13.0. The van der Waals surface area contributed by atoms with Crippen molar-refractivity contribution in [2.45, 2.75) is 83.5 Å². The van der Waals surface area contributed by atoms with Crippen molar-refractivity contribution in [2.75, 3.05) is 18.1 Å². The summed E-state index contributed by atoms with van der Waals surface area (Å²) in [6.07, 6.45) is 2.99. The number of aromatic nitrogens is 2. The average molecular weight is 534 g/mol. The molecule has 2 heterocycles. The molecule has 1 N–H and O–H groups in total. The Morgan fingerprint density at radius 3 is 2.50 bits per heavy atom. The Morgan fingerprint density at radius 1 is 1.18 bits per heavy atom. The number of nitrogens with zero attached hydrogens (tertiary/aromatic N) is 4. The maximum absolute atomic E-state index is 13.4. The molecular formula is C27H34F3N5O3. The number of hydrogen-bond acceptors (Lipinski definition) is 6. The summed E-state index contributed by atoms with van der Waals surface area (Å²) in [6.45, 7) is 4.31. The van der Waals surface area contributed by atoms with Gasteiger partial charge in [0.1, 0.15) is 18.1 Å². The van der Waals surface area contributed by atoms with Crippen molar-refractivity contribution in [1.82, 2.24) is 14.9 Å². The van der Waals surface area contributed by atoms with Gasteiger partial charge in [0.05, 0.1) is 17.7 Å². The van der Waals surface area contributed by atoms with Gasteiger partial charge in [-0.15, -0.1) is 0 Å². The number of ether oxygens (including phenoxy) is 2. The number of rotatable bonds is 11. The minimum atomic E-state index is -4.47. The van der Waals surface area contributed by atoms with Gasteiger partial charge in [-0.25, -0.2) is 9.97 Å². The molecule has 0 bridgehead atoms. The van der Waals surface area contributed by atoms with Gasteiger partial charge in [-0.3, -0.25) is 15.1 Å². The highest BCUT2D eigenvalue weighted by atomic mass is 19.4. The Hall–Kier alpha value is -3.37. The molecule has 0 saturated heterocycles.